The lowest BCUT2D eigenvalue weighted by atomic mass is 9.79. The van der Waals surface area contributed by atoms with E-state index in [1.807, 2.05) is 39.0 Å². The Balaban J connectivity index is 0.000000178. The predicted octanol–water partition coefficient (Wildman–Crippen LogP) is 0.425. The van der Waals surface area contributed by atoms with Gasteiger partial charge in [0.1, 0.15) is 0 Å². The molecule has 7 nitrogen and oxygen atoms in total. The van der Waals surface area contributed by atoms with Crippen molar-refractivity contribution >= 4 is 47.0 Å². The van der Waals surface area contributed by atoms with Crippen LogP contribution in [0, 0.1) is 6.92 Å². The summed E-state index contributed by atoms with van der Waals surface area (Å²) in [6.45, 7) is 5.89. The molecule has 0 radical (unpaired) electrons. The maximum Gasteiger partial charge on any atom is 0.490 e. The van der Waals surface area contributed by atoms with Crippen molar-refractivity contribution < 1.29 is 20.1 Å². The molecule has 0 spiro atoms. The molecular weight excluding hydrogens is 344 g/mol. The molecule has 0 bridgehead atoms. The molecule has 0 aliphatic rings. The Morgan fingerprint density at radius 2 is 1.48 bits per heavy atom. The van der Waals surface area contributed by atoms with Gasteiger partial charge in [0, 0.05) is 33.7 Å². The van der Waals surface area contributed by atoms with Crippen molar-refractivity contribution in [3.8, 4) is 0 Å². The van der Waals surface area contributed by atoms with Crippen molar-refractivity contribution in [1.82, 2.24) is 15.2 Å². The SMILES string of the molecule is CC.Cc1[nH]nc2c(B(O)O)cccc12.OB(O)c1cccc2cc[nH]c12. The number of fused-ring (bicyclic) bond motifs is 2. The Hall–Kier alpha value is -2.58. The molecule has 0 unspecified atom stereocenters. The lowest BCUT2D eigenvalue weighted by Gasteiger charge is -1.99. The number of rotatable bonds is 2. The van der Waals surface area contributed by atoms with Gasteiger partial charge in [0.25, 0.3) is 0 Å². The summed E-state index contributed by atoms with van der Waals surface area (Å²) < 4.78 is 0. The Labute approximate surface area is 158 Å². The first-order valence-corrected chi connectivity index (χ1v) is 8.71. The molecule has 0 aliphatic carbocycles. The topological polar surface area (TPSA) is 125 Å². The molecule has 0 atom stereocenters. The molecule has 6 N–H and O–H groups in total. The van der Waals surface area contributed by atoms with Crippen molar-refractivity contribution in [3.63, 3.8) is 0 Å². The summed E-state index contributed by atoms with van der Waals surface area (Å²) in [7, 11) is -2.88. The quantitative estimate of drug-likeness (QED) is 0.287. The van der Waals surface area contributed by atoms with Gasteiger partial charge in [-0.25, -0.2) is 0 Å². The van der Waals surface area contributed by atoms with E-state index in [2.05, 4.69) is 15.2 Å². The zero-order chi connectivity index (χ0) is 20.0. The fraction of sp³-hybridized carbons (Fsp3) is 0.167. The minimum Gasteiger partial charge on any atom is -0.423 e. The average molecular weight is 367 g/mol. The first-order chi connectivity index (χ1) is 13.0. The molecule has 2 heterocycles. The van der Waals surface area contributed by atoms with Crippen LogP contribution in [0.1, 0.15) is 19.5 Å². The standard InChI is InChI=1S/C8H9BN2O2.C8H8BNO2.C2H6/c1-5-6-3-2-4-7(9(12)13)8(6)11-10-5;11-9(12)7-3-1-2-6-4-5-10-8(6)7;1-2/h2-4,12-13H,1H3,(H,10,11);1-5,10-12H;1-2H3. The van der Waals surface area contributed by atoms with Gasteiger partial charge in [-0.05, 0) is 18.4 Å². The van der Waals surface area contributed by atoms with E-state index in [0.29, 0.717) is 16.4 Å². The molecule has 0 aliphatic heterocycles. The van der Waals surface area contributed by atoms with Gasteiger partial charge in [-0.1, -0.05) is 50.2 Å². The molecule has 0 amide bonds. The lowest BCUT2D eigenvalue weighted by Crippen LogP contribution is -2.30. The van der Waals surface area contributed by atoms with E-state index in [9.17, 15) is 0 Å². The normalized spacial score (nSPS) is 10.0. The third-order valence-corrected chi connectivity index (χ3v) is 3.98. The average Bonchev–Trinajstić information content (AvgIpc) is 3.30. The lowest BCUT2D eigenvalue weighted by molar-refractivity contribution is 0.425. The number of aromatic nitrogens is 3. The molecule has 27 heavy (non-hydrogen) atoms. The largest absolute Gasteiger partial charge is 0.490 e. The minimum absolute atomic E-state index is 0.432. The monoisotopic (exact) mass is 367 g/mol. The molecule has 2 aromatic carbocycles. The van der Waals surface area contributed by atoms with Gasteiger partial charge in [-0.3, -0.25) is 5.10 Å². The van der Waals surface area contributed by atoms with Crippen LogP contribution in [-0.2, 0) is 0 Å². The summed E-state index contributed by atoms with van der Waals surface area (Å²) in [6.07, 6.45) is 1.77. The summed E-state index contributed by atoms with van der Waals surface area (Å²) in [5.74, 6) is 0. The molecule has 0 saturated heterocycles. The summed E-state index contributed by atoms with van der Waals surface area (Å²) in [4.78, 5) is 2.95. The molecule has 2 aromatic heterocycles. The van der Waals surface area contributed by atoms with Crippen molar-refractivity contribution in [3.05, 3.63) is 54.4 Å². The van der Waals surface area contributed by atoms with Crippen LogP contribution < -0.4 is 10.9 Å². The number of hydrogen-bond donors (Lipinski definition) is 6. The zero-order valence-electron chi connectivity index (χ0n) is 15.5. The number of hydrogen-bond acceptors (Lipinski definition) is 5. The van der Waals surface area contributed by atoms with Crippen molar-refractivity contribution in [2.24, 2.45) is 0 Å². The summed E-state index contributed by atoms with van der Waals surface area (Å²) >= 11 is 0. The van der Waals surface area contributed by atoms with Gasteiger partial charge in [0.05, 0.1) is 5.52 Å². The smallest absolute Gasteiger partial charge is 0.423 e. The molecule has 0 saturated carbocycles. The third-order valence-electron chi connectivity index (χ3n) is 3.98. The molecule has 140 valence electrons. The van der Waals surface area contributed by atoms with E-state index in [0.717, 1.165) is 22.0 Å². The third kappa shape index (κ3) is 4.58. The molecule has 9 heteroatoms. The van der Waals surface area contributed by atoms with E-state index in [-0.39, 0.29) is 0 Å². The van der Waals surface area contributed by atoms with Crippen molar-refractivity contribution in [2.45, 2.75) is 20.8 Å². The molecular formula is C18H23B2N3O4. The number of nitrogens with one attached hydrogen (secondary N) is 2. The zero-order valence-corrected chi connectivity index (χ0v) is 15.5. The second-order valence-corrected chi connectivity index (χ2v) is 5.63. The van der Waals surface area contributed by atoms with Crippen LogP contribution in [0.15, 0.2) is 48.7 Å². The van der Waals surface area contributed by atoms with Gasteiger partial charge in [-0.2, -0.15) is 5.10 Å². The van der Waals surface area contributed by atoms with Gasteiger partial charge in [0.2, 0.25) is 0 Å². The number of aryl methyl sites for hydroxylation is 1. The van der Waals surface area contributed by atoms with E-state index in [1.54, 1.807) is 30.5 Å². The fourth-order valence-corrected chi connectivity index (χ4v) is 2.72. The van der Waals surface area contributed by atoms with E-state index in [1.165, 1.54) is 0 Å². The van der Waals surface area contributed by atoms with Crippen molar-refractivity contribution in [1.29, 1.82) is 0 Å². The Morgan fingerprint density at radius 3 is 2.15 bits per heavy atom. The highest BCUT2D eigenvalue weighted by molar-refractivity contribution is 6.62. The van der Waals surface area contributed by atoms with Crippen LogP contribution in [0.2, 0.25) is 0 Å². The number of nitrogens with zero attached hydrogens (tertiary/aromatic N) is 1. The number of H-pyrrole nitrogens is 2. The second-order valence-electron chi connectivity index (χ2n) is 5.63. The summed E-state index contributed by atoms with van der Waals surface area (Å²) in [5.41, 5.74) is 3.28. The molecule has 4 rings (SSSR count). The van der Waals surface area contributed by atoms with Crippen LogP contribution in [0.3, 0.4) is 0 Å². The minimum atomic E-state index is -1.47. The highest BCUT2D eigenvalue weighted by atomic mass is 16.4. The Bertz CT molecular complexity index is 999. The van der Waals surface area contributed by atoms with Crippen LogP contribution in [0.25, 0.3) is 21.8 Å². The Kier molecular flexibility index (Phi) is 7.20. The molecule has 4 aromatic rings. The summed E-state index contributed by atoms with van der Waals surface area (Å²) in [5, 5.41) is 44.7. The van der Waals surface area contributed by atoms with Crippen LogP contribution in [-0.4, -0.2) is 49.5 Å². The predicted molar refractivity (Wildman–Crippen MR) is 110 cm³/mol. The number of benzene rings is 2. The maximum absolute atomic E-state index is 9.03. The highest BCUT2D eigenvalue weighted by Gasteiger charge is 2.16. The highest BCUT2D eigenvalue weighted by Crippen LogP contribution is 2.12. The first kappa shape index (κ1) is 20.7. The number of aromatic amines is 2. The molecule has 0 fully saturated rings. The summed E-state index contributed by atoms with van der Waals surface area (Å²) in [6, 6.07) is 12.6. The van der Waals surface area contributed by atoms with Gasteiger partial charge < -0.3 is 25.1 Å². The van der Waals surface area contributed by atoms with E-state index < -0.39 is 14.2 Å². The maximum atomic E-state index is 9.03. The van der Waals surface area contributed by atoms with Gasteiger partial charge in [-0.15, -0.1) is 0 Å². The number of para-hydroxylation sites is 2. The van der Waals surface area contributed by atoms with E-state index in [4.69, 9.17) is 20.1 Å². The first-order valence-electron chi connectivity index (χ1n) is 8.71. The van der Waals surface area contributed by atoms with Crippen LogP contribution >= 0.6 is 0 Å². The van der Waals surface area contributed by atoms with E-state index >= 15 is 0 Å². The van der Waals surface area contributed by atoms with Gasteiger partial charge in [0.15, 0.2) is 0 Å². The van der Waals surface area contributed by atoms with Crippen LogP contribution in [0.5, 0.6) is 0 Å². The Morgan fingerprint density at radius 1 is 0.852 bits per heavy atom. The fourth-order valence-electron chi connectivity index (χ4n) is 2.72. The van der Waals surface area contributed by atoms with Crippen LogP contribution in [0.4, 0.5) is 0 Å². The van der Waals surface area contributed by atoms with Gasteiger partial charge >= 0.3 is 14.2 Å². The van der Waals surface area contributed by atoms with Crippen molar-refractivity contribution in [2.75, 3.05) is 0 Å². The second kappa shape index (κ2) is 9.38.